The molecule has 7 nitrogen and oxygen atoms in total. The van der Waals surface area contributed by atoms with Gasteiger partial charge in [-0.2, -0.15) is 4.98 Å². The number of nitrogen functional groups attached to an aromatic ring is 2. The van der Waals surface area contributed by atoms with E-state index in [1.165, 1.54) is 4.57 Å². The molecule has 0 radical (unpaired) electrons. The Hall–Kier alpha value is -4.13. The summed E-state index contributed by atoms with van der Waals surface area (Å²) in [5.74, 6) is 0.149. The molecule has 136 valence electrons. The maximum Gasteiger partial charge on any atom is 0.292 e. The third-order valence-electron chi connectivity index (χ3n) is 4.65. The average Bonchev–Trinajstić information content (AvgIpc) is 3.08. The second-order valence-electron chi connectivity index (χ2n) is 6.41. The van der Waals surface area contributed by atoms with Gasteiger partial charge in [0.2, 0.25) is 5.95 Å². The molecule has 0 fully saturated rings. The summed E-state index contributed by atoms with van der Waals surface area (Å²) in [6.07, 6.45) is 0. The molecule has 7 heteroatoms. The molecule has 0 aliphatic heterocycles. The Morgan fingerprint density at radius 3 is 2.39 bits per heavy atom. The molecule has 2 aromatic heterocycles. The van der Waals surface area contributed by atoms with Gasteiger partial charge in [0.1, 0.15) is 5.52 Å². The Morgan fingerprint density at radius 2 is 1.57 bits per heavy atom. The number of hydrogen-bond acceptors (Lipinski definition) is 6. The van der Waals surface area contributed by atoms with E-state index < -0.39 is 0 Å². The topological polar surface area (TPSA) is 113 Å². The van der Waals surface area contributed by atoms with Crippen LogP contribution in [0, 0.1) is 0 Å². The molecule has 0 atom stereocenters. The van der Waals surface area contributed by atoms with Crippen molar-refractivity contribution in [3.8, 4) is 16.8 Å². The zero-order valence-electron chi connectivity index (χ0n) is 14.7. The minimum Gasteiger partial charge on any atom is -0.424 e. The molecular weight excluding hydrogens is 354 g/mol. The highest BCUT2D eigenvalue weighted by Crippen LogP contribution is 2.27. The van der Waals surface area contributed by atoms with Crippen molar-refractivity contribution in [2.75, 3.05) is 11.5 Å². The van der Waals surface area contributed by atoms with Gasteiger partial charge in [-0.25, -0.2) is 9.55 Å². The van der Waals surface area contributed by atoms with Gasteiger partial charge in [0.15, 0.2) is 5.58 Å². The van der Waals surface area contributed by atoms with Gasteiger partial charge in [-0.3, -0.25) is 4.79 Å². The van der Waals surface area contributed by atoms with Crippen LogP contribution in [0.2, 0.25) is 0 Å². The largest absolute Gasteiger partial charge is 0.424 e. The number of fused-ring (bicyclic) bond motifs is 2. The molecule has 4 N–H and O–H groups in total. The molecular formula is C21H15N5O2. The molecule has 2 heterocycles. The highest BCUT2D eigenvalue weighted by atomic mass is 16.4. The van der Waals surface area contributed by atoms with E-state index in [9.17, 15) is 4.79 Å². The molecule has 5 aromatic rings. The predicted molar refractivity (Wildman–Crippen MR) is 109 cm³/mol. The maximum absolute atomic E-state index is 13.1. The molecule has 28 heavy (non-hydrogen) atoms. The summed E-state index contributed by atoms with van der Waals surface area (Å²) >= 11 is 0. The summed E-state index contributed by atoms with van der Waals surface area (Å²) in [6, 6.07) is 20.4. The molecule has 0 aliphatic carbocycles. The maximum atomic E-state index is 13.1. The zero-order valence-corrected chi connectivity index (χ0v) is 14.7. The Kier molecular flexibility index (Phi) is 3.42. The van der Waals surface area contributed by atoms with E-state index in [-0.39, 0.29) is 17.5 Å². The fourth-order valence-electron chi connectivity index (χ4n) is 3.33. The fraction of sp³-hybridized carbons (Fsp3) is 0. The highest BCUT2D eigenvalue weighted by molar-refractivity contribution is 5.87. The van der Waals surface area contributed by atoms with Crippen LogP contribution in [0.1, 0.15) is 0 Å². The van der Waals surface area contributed by atoms with E-state index >= 15 is 0 Å². The number of hydrogen-bond donors (Lipinski definition) is 2. The van der Waals surface area contributed by atoms with E-state index in [1.54, 1.807) is 6.07 Å². The van der Waals surface area contributed by atoms with Gasteiger partial charge in [-0.05, 0) is 47.5 Å². The first-order valence-electron chi connectivity index (χ1n) is 8.64. The second-order valence-corrected chi connectivity index (χ2v) is 6.41. The van der Waals surface area contributed by atoms with Crippen molar-refractivity contribution >= 4 is 34.0 Å². The third kappa shape index (κ3) is 2.49. The smallest absolute Gasteiger partial charge is 0.292 e. The molecule has 0 spiro atoms. The normalized spacial score (nSPS) is 11.3. The van der Waals surface area contributed by atoms with Gasteiger partial charge >= 0.3 is 0 Å². The number of oxazole rings is 1. The third-order valence-corrected chi connectivity index (χ3v) is 4.65. The van der Waals surface area contributed by atoms with E-state index in [2.05, 4.69) is 9.97 Å². The van der Waals surface area contributed by atoms with E-state index in [0.29, 0.717) is 27.7 Å². The minimum absolute atomic E-state index is 0.121. The van der Waals surface area contributed by atoms with Crippen LogP contribution in [-0.4, -0.2) is 14.5 Å². The summed E-state index contributed by atoms with van der Waals surface area (Å²) in [5.41, 5.74) is 15.7. The van der Waals surface area contributed by atoms with Crippen LogP contribution in [0.25, 0.3) is 38.8 Å². The van der Waals surface area contributed by atoms with Crippen molar-refractivity contribution in [1.82, 2.24) is 14.5 Å². The van der Waals surface area contributed by atoms with Crippen molar-refractivity contribution in [1.29, 1.82) is 0 Å². The van der Waals surface area contributed by atoms with Gasteiger partial charge < -0.3 is 15.9 Å². The Morgan fingerprint density at radius 1 is 0.821 bits per heavy atom. The predicted octanol–water partition coefficient (Wildman–Crippen LogP) is 3.36. The van der Waals surface area contributed by atoms with Gasteiger partial charge in [0.25, 0.3) is 11.6 Å². The lowest BCUT2D eigenvalue weighted by atomic mass is 10.0. The fourth-order valence-corrected chi connectivity index (χ4v) is 3.33. The molecule has 5 rings (SSSR count). The number of aromatic nitrogens is 3. The number of rotatable bonds is 2. The average molecular weight is 369 g/mol. The van der Waals surface area contributed by atoms with Gasteiger partial charge in [0, 0.05) is 0 Å². The van der Waals surface area contributed by atoms with Crippen LogP contribution in [-0.2, 0) is 0 Å². The second kappa shape index (κ2) is 5.95. The summed E-state index contributed by atoms with van der Waals surface area (Å²) in [7, 11) is 0. The SMILES string of the molecule is Nc1nc2cc(-c3ccc4nc(N)n(-c5ccccc5)c(=O)c4c3)ccc2o1. The van der Waals surface area contributed by atoms with Gasteiger partial charge in [-0.1, -0.05) is 30.3 Å². The van der Waals surface area contributed by atoms with Crippen molar-refractivity contribution in [2.45, 2.75) is 0 Å². The highest BCUT2D eigenvalue weighted by Gasteiger charge is 2.12. The Balaban J connectivity index is 1.72. The molecule has 3 aromatic carbocycles. The summed E-state index contributed by atoms with van der Waals surface area (Å²) in [6.45, 7) is 0. The van der Waals surface area contributed by atoms with Crippen LogP contribution in [0.15, 0.2) is 75.9 Å². The van der Waals surface area contributed by atoms with Gasteiger partial charge in [-0.15, -0.1) is 0 Å². The number of para-hydroxylation sites is 1. The van der Waals surface area contributed by atoms with Crippen LogP contribution >= 0.6 is 0 Å². The lowest BCUT2D eigenvalue weighted by Gasteiger charge is -2.11. The summed E-state index contributed by atoms with van der Waals surface area (Å²) in [4.78, 5) is 21.7. The zero-order chi connectivity index (χ0) is 19.3. The van der Waals surface area contributed by atoms with Crippen molar-refractivity contribution in [3.63, 3.8) is 0 Å². The van der Waals surface area contributed by atoms with Crippen molar-refractivity contribution in [2.24, 2.45) is 0 Å². The summed E-state index contributed by atoms with van der Waals surface area (Å²) in [5, 5.41) is 0.482. The first-order chi connectivity index (χ1) is 13.6. The van der Waals surface area contributed by atoms with Crippen LogP contribution < -0.4 is 17.0 Å². The quantitative estimate of drug-likeness (QED) is 0.493. The van der Waals surface area contributed by atoms with E-state index in [4.69, 9.17) is 15.9 Å². The molecule has 0 aliphatic rings. The van der Waals surface area contributed by atoms with Crippen molar-refractivity contribution in [3.05, 3.63) is 77.1 Å². The monoisotopic (exact) mass is 369 g/mol. The van der Waals surface area contributed by atoms with Gasteiger partial charge in [0.05, 0.1) is 16.6 Å². The minimum atomic E-state index is -0.220. The Labute approximate surface area is 158 Å². The van der Waals surface area contributed by atoms with E-state index in [0.717, 1.165) is 11.1 Å². The number of anilines is 2. The van der Waals surface area contributed by atoms with Crippen LogP contribution in [0.4, 0.5) is 12.0 Å². The number of benzene rings is 3. The molecule has 0 unspecified atom stereocenters. The summed E-state index contributed by atoms with van der Waals surface area (Å²) < 4.78 is 6.73. The van der Waals surface area contributed by atoms with Crippen LogP contribution in [0.3, 0.4) is 0 Å². The lowest BCUT2D eigenvalue weighted by Crippen LogP contribution is -2.23. The number of nitrogens with zero attached hydrogens (tertiary/aromatic N) is 3. The first kappa shape index (κ1) is 16.1. The molecule has 0 saturated heterocycles. The van der Waals surface area contributed by atoms with Crippen LogP contribution in [0.5, 0.6) is 0 Å². The number of nitrogens with two attached hydrogens (primary N) is 2. The molecule has 0 saturated carbocycles. The Bertz CT molecular complexity index is 1400. The molecule has 0 amide bonds. The van der Waals surface area contributed by atoms with Crippen molar-refractivity contribution < 1.29 is 4.42 Å². The lowest BCUT2D eigenvalue weighted by molar-refractivity contribution is 0.626. The first-order valence-corrected chi connectivity index (χ1v) is 8.64. The van der Waals surface area contributed by atoms with E-state index in [1.807, 2.05) is 60.7 Å². The molecule has 0 bridgehead atoms. The standard InChI is InChI=1S/C21H15N5O2/c22-20-24-16-8-6-12(13-7-9-18-17(11-13)25-21(23)28-18)10-15(16)19(27)26(20)14-4-2-1-3-5-14/h1-11H,(H2,22,24)(H2,23,25).